The van der Waals surface area contributed by atoms with Gasteiger partial charge in [0.25, 0.3) is 5.91 Å². The van der Waals surface area contributed by atoms with E-state index >= 15 is 0 Å². The lowest BCUT2D eigenvalue weighted by Gasteiger charge is -2.40. The topological polar surface area (TPSA) is 90.8 Å². The molecule has 1 aromatic heterocycles. The first-order valence-corrected chi connectivity index (χ1v) is 8.48. The van der Waals surface area contributed by atoms with Crippen LogP contribution in [0.3, 0.4) is 0 Å². The number of carbonyl (C=O) groups is 3. The number of aryl methyl sites for hydroxylation is 1. The maximum Gasteiger partial charge on any atom is 0.327 e. The Hall–Kier alpha value is -2.58. The van der Waals surface area contributed by atoms with Crippen molar-refractivity contribution < 1.29 is 14.4 Å². The van der Waals surface area contributed by atoms with E-state index in [9.17, 15) is 14.4 Å². The molecule has 0 saturated carbocycles. The zero-order chi connectivity index (χ0) is 18.2. The van der Waals surface area contributed by atoms with E-state index in [0.29, 0.717) is 32.5 Å². The number of hydrogen-bond acceptors (Lipinski definition) is 4. The summed E-state index contributed by atoms with van der Waals surface area (Å²) in [5.41, 5.74) is 0.144. The molecule has 2 aliphatic rings. The molecule has 0 unspecified atom stereocenters. The summed E-state index contributed by atoms with van der Waals surface area (Å²) in [4.78, 5) is 45.4. The van der Waals surface area contributed by atoms with Crippen molar-refractivity contribution in [3.63, 3.8) is 0 Å². The quantitative estimate of drug-likeness (QED) is 0.804. The van der Waals surface area contributed by atoms with Crippen molar-refractivity contribution in [2.75, 3.05) is 27.2 Å². The highest BCUT2D eigenvalue weighted by molar-refractivity contribution is 6.06. The number of urea groups is 2. The molecule has 25 heavy (non-hydrogen) atoms. The SMILES string of the molecule is CCn1cncc1CNC(=O)N1CCC2(CC1)C(=O)N(C)C(=O)N2C. The first-order valence-electron chi connectivity index (χ1n) is 8.48. The Balaban J connectivity index is 1.58. The number of rotatable bonds is 3. The van der Waals surface area contributed by atoms with Gasteiger partial charge in [-0.05, 0) is 19.8 Å². The number of piperidine rings is 1. The number of likely N-dealkylation sites (tertiary alicyclic amines) is 1. The van der Waals surface area contributed by atoms with E-state index in [0.717, 1.165) is 12.2 Å². The Bertz CT molecular complexity index is 692. The molecule has 5 amide bonds. The molecule has 0 aromatic carbocycles. The van der Waals surface area contributed by atoms with Gasteiger partial charge in [0.15, 0.2) is 0 Å². The summed E-state index contributed by atoms with van der Waals surface area (Å²) in [6.07, 6.45) is 4.39. The molecule has 0 radical (unpaired) electrons. The van der Waals surface area contributed by atoms with Crippen LogP contribution in [0.1, 0.15) is 25.5 Å². The average Bonchev–Trinajstić information content (AvgIpc) is 3.15. The number of likely N-dealkylation sites (N-methyl/N-ethyl adjacent to an activating group) is 2. The summed E-state index contributed by atoms with van der Waals surface area (Å²) in [5.74, 6) is -0.174. The van der Waals surface area contributed by atoms with Crippen LogP contribution in [0.4, 0.5) is 9.59 Å². The molecule has 2 fully saturated rings. The number of imidazole rings is 1. The summed E-state index contributed by atoms with van der Waals surface area (Å²) in [6.45, 7) is 4.11. The standard InChI is InChI=1S/C16H24N6O3/c1-4-21-11-17-9-12(21)10-18-14(24)22-7-5-16(6-8-22)13(23)19(2)15(25)20(16)3/h9,11H,4-8,10H2,1-3H3,(H,18,24). The normalized spacial score (nSPS) is 19.9. The summed E-state index contributed by atoms with van der Waals surface area (Å²) in [5, 5.41) is 2.90. The number of amides is 5. The average molecular weight is 348 g/mol. The number of aromatic nitrogens is 2. The number of imide groups is 1. The fourth-order valence-corrected chi connectivity index (χ4v) is 3.64. The molecular formula is C16H24N6O3. The fourth-order valence-electron chi connectivity index (χ4n) is 3.64. The van der Waals surface area contributed by atoms with Crippen LogP contribution >= 0.6 is 0 Å². The molecule has 2 saturated heterocycles. The molecule has 3 rings (SSSR count). The van der Waals surface area contributed by atoms with Crippen molar-refractivity contribution in [3.05, 3.63) is 18.2 Å². The molecule has 0 aliphatic carbocycles. The van der Waals surface area contributed by atoms with Gasteiger partial charge < -0.3 is 19.7 Å². The van der Waals surface area contributed by atoms with Crippen LogP contribution in [-0.2, 0) is 17.9 Å². The monoisotopic (exact) mass is 348 g/mol. The minimum atomic E-state index is -0.802. The maximum atomic E-state index is 12.5. The molecule has 1 spiro atoms. The molecule has 9 nitrogen and oxygen atoms in total. The molecule has 3 heterocycles. The van der Waals surface area contributed by atoms with Crippen LogP contribution in [0.2, 0.25) is 0 Å². The first-order chi connectivity index (χ1) is 11.9. The van der Waals surface area contributed by atoms with Crippen molar-refractivity contribution in [2.45, 2.75) is 38.4 Å². The van der Waals surface area contributed by atoms with Gasteiger partial charge in [0.05, 0.1) is 18.6 Å². The molecule has 0 atom stereocenters. The lowest BCUT2D eigenvalue weighted by Crippen LogP contribution is -2.57. The van der Waals surface area contributed by atoms with E-state index in [1.54, 1.807) is 24.5 Å². The second kappa shape index (κ2) is 6.38. The van der Waals surface area contributed by atoms with Crippen molar-refractivity contribution in [1.82, 2.24) is 29.6 Å². The van der Waals surface area contributed by atoms with Crippen LogP contribution in [0, 0.1) is 0 Å². The smallest absolute Gasteiger partial charge is 0.327 e. The molecule has 1 N–H and O–H groups in total. The Morgan fingerprint density at radius 3 is 2.52 bits per heavy atom. The van der Waals surface area contributed by atoms with Gasteiger partial charge in [-0.3, -0.25) is 9.69 Å². The second-order valence-corrected chi connectivity index (χ2v) is 6.55. The van der Waals surface area contributed by atoms with E-state index in [1.807, 2.05) is 11.5 Å². The van der Waals surface area contributed by atoms with Crippen molar-refractivity contribution in [2.24, 2.45) is 0 Å². The highest BCUT2D eigenvalue weighted by atomic mass is 16.2. The van der Waals surface area contributed by atoms with Gasteiger partial charge >= 0.3 is 12.1 Å². The van der Waals surface area contributed by atoms with Crippen molar-refractivity contribution in [3.8, 4) is 0 Å². The number of nitrogens with one attached hydrogen (secondary N) is 1. The van der Waals surface area contributed by atoms with Crippen LogP contribution in [-0.4, -0.2) is 74.9 Å². The van der Waals surface area contributed by atoms with Gasteiger partial charge in [-0.25, -0.2) is 14.6 Å². The summed E-state index contributed by atoms with van der Waals surface area (Å²) in [6, 6.07) is -0.442. The Kier molecular flexibility index (Phi) is 4.40. The predicted molar refractivity (Wildman–Crippen MR) is 89.6 cm³/mol. The van der Waals surface area contributed by atoms with Crippen LogP contribution < -0.4 is 5.32 Å². The Morgan fingerprint density at radius 2 is 1.96 bits per heavy atom. The van der Waals surface area contributed by atoms with Crippen molar-refractivity contribution >= 4 is 18.0 Å². The number of nitrogens with zero attached hydrogens (tertiary/aromatic N) is 5. The van der Waals surface area contributed by atoms with E-state index in [2.05, 4.69) is 10.3 Å². The van der Waals surface area contributed by atoms with Gasteiger partial charge in [0.1, 0.15) is 5.54 Å². The second-order valence-electron chi connectivity index (χ2n) is 6.55. The minimum absolute atomic E-state index is 0.161. The van der Waals surface area contributed by atoms with Crippen LogP contribution in [0.15, 0.2) is 12.5 Å². The highest BCUT2D eigenvalue weighted by Gasteiger charge is 2.55. The van der Waals surface area contributed by atoms with E-state index in [4.69, 9.17) is 0 Å². The van der Waals surface area contributed by atoms with Gasteiger partial charge in [0, 0.05) is 39.9 Å². The number of carbonyl (C=O) groups excluding carboxylic acids is 3. The Labute approximate surface area is 146 Å². The predicted octanol–water partition coefficient (Wildman–Crippen LogP) is 0.471. The fraction of sp³-hybridized carbons (Fsp3) is 0.625. The molecule has 0 bridgehead atoms. The van der Waals surface area contributed by atoms with Crippen LogP contribution in [0.25, 0.3) is 0 Å². The third kappa shape index (κ3) is 2.73. The molecule has 1 aromatic rings. The first kappa shape index (κ1) is 17.2. The van der Waals surface area contributed by atoms with E-state index < -0.39 is 5.54 Å². The largest absolute Gasteiger partial charge is 0.333 e. The van der Waals surface area contributed by atoms with Gasteiger partial charge in [-0.1, -0.05) is 0 Å². The lowest BCUT2D eigenvalue weighted by molar-refractivity contribution is -0.134. The van der Waals surface area contributed by atoms with Gasteiger partial charge in [0.2, 0.25) is 0 Å². The summed E-state index contributed by atoms with van der Waals surface area (Å²) >= 11 is 0. The van der Waals surface area contributed by atoms with Crippen LogP contribution in [0.5, 0.6) is 0 Å². The molecule has 136 valence electrons. The number of hydrogen-bond donors (Lipinski definition) is 1. The third-order valence-electron chi connectivity index (χ3n) is 5.36. The highest BCUT2D eigenvalue weighted by Crippen LogP contribution is 2.35. The Morgan fingerprint density at radius 1 is 1.28 bits per heavy atom. The lowest BCUT2D eigenvalue weighted by atomic mass is 9.86. The maximum absolute atomic E-state index is 12.5. The summed E-state index contributed by atoms with van der Waals surface area (Å²) < 4.78 is 1.97. The zero-order valence-corrected chi connectivity index (χ0v) is 14.9. The van der Waals surface area contributed by atoms with E-state index in [-0.39, 0.29) is 18.0 Å². The molecule has 2 aliphatic heterocycles. The molecular weight excluding hydrogens is 324 g/mol. The molecule has 9 heteroatoms. The third-order valence-corrected chi connectivity index (χ3v) is 5.36. The van der Waals surface area contributed by atoms with E-state index in [1.165, 1.54) is 16.8 Å². The summed E-state index contributed by atoms with van der Waals surface area (Å²) in [7, 11) is 3.16. The van der Waals surface area contributed by atoms with Gasteiger partial charge in [-0.2, -0.15) is 0 Å². The van der Waals surface area contributed by atoms with Crippen molar-refractivity contribution in [1.29, 1.82) is 0 Å². The van der Waals surface area contributed by atoms with Gasteiger partial charge in [-0.15, -0.1) is 0 Å². The zero-order valence-electron chi connectivity index (χ0n) is 14.9. The minimum Gasteiger partial charge on any atom is -0.333 e.